The number of aliphatic hydroxyl groups is 5. The Balaban J connectivity index is 1.79. The Kier molecular flexibility index (Phi) is 31.3. The number of nitrogen functional groups attached to an aromatic ring is 1. The van der Waals surface area contributed by atoms with Gasteiger partial charge in [-0.1, -0.05) is 128 Å². The standard InChI is InChI=1S/C50H87N3O18P2/c1-3-5-7-8-9-10-11-12-13-14-15-16-17-18-24-28-46(58)69-38-34-66-45(57)27-23-20-19-22-26-40-42(56)33-41(55)39(30-29-37(54)25-21-6-4-2)47(59)48(60)43(36-68-73(64,65)71-72(62,63)67-35-38)70-49(40)53-32-31-44(51)52-50(53)61/h12-13,29-32,37-43,47-49,54-56,59-60H,3-11,14-28,33-36H2,1-2H3,(H,62,63)(H,64,65)(H2,51,52,61)/b13-12-,30-29?/t37-,38+,39-,40-,41+,42-,43+,47-,48+,49+/m0/s1. The average molecular weight is 1080 g/mol. The van der Waals surface area contributed by atoms with Gasteiger partial charge in [0.1, 0.15) is 30.9 Å². The molecule has 2 aliphatic heterocycles. The summed E-state index contributed by atoms with van der Waals surface area (Å²) in [5, 5.41) is 57.6. The minimum atomic E-state index is -5.70. The summed E-state index contributed by atoms with van der Waals surface area (Å²) < 4.78 is 59.2. The minimum Gasteiger partial charge on any atom is -0.462 e. The Labute approximate surface area is 431 Å². The molecule has 9 N–H and O–H groups in total. The first-order valence-electron chi connectivity index (χ1n) is 26.6. The van der Waals surface area contributed by atoms with Crippen LogP contribution in [-0.2, 0) is 46.3 Å². The molecule has 12 atom stereocenters. The van der Waals surface area contributed by atoms with Gasteiger partial charge in [-0.2, -0.15) is 9.29 Å². The van der Waals surface area contributed by atoms with Gasteiger partial charge in [0.15, 0.2) is 6.10 Å². The number of esters is 2. The fraction of sp³-hybridized carbons (Fsp3) is 0.800. The number of carbonyl (C=O) groups excluding carboxylic acids is 2. The Bertz CT molecular complexity index is 1940. The van der Waals surface area contributed by atoms with Gasteiger partial charge in [-0.3, -0.25) is 23.2 Å². The first kappa shape index (κ1) is 64.4. The number of hydrogen-bond acceptors (Lipinski definition) is 18. The maximum absolute atomic E-state index is 13.4. The van der Waals surface area contributed by atoms with Crippen molar-refractivity contribution in [2.75, 3.05) is 25.6 Å². The molecule has 2 unspecified atom stereocenters. The molecule has 3 heterocycles. The van der Waals surface area contributed by atoms with E-state index < -0.39 is 120 Å². The molecule has 420 valence electrons. The van der Waals surface area contributed by atoms with Crippen molar-refractivity contribution in [3.8, 4) is 0 Å². The molecule has 0 aliphatic carbocycles. The number of phosphoric ester groups is 2. The number of nitrogens with two attached hydrogens (primary N) is 1. The van der Waals surface area contributed by atoms with Gasteiger partial charge in [0.25, 0.3) is 0 Å². The van der Waals surface area contributed by atoms with Gasteiger partial charge in [-0.15, -0.1) is 0 Å². The van der Waals surface area contributed by atoms with Gasteiger partial charge in [0, 0.05) is 37.3 Å². The summed E-state index contributed by atoms with van der Waals surface area (Å²) in [6, 6.07) is 1.26. The molecule has 2 fully saturated rings. The number of carbonyl (C=O) groups is 2. The lowest BCUT2D eigenvalue weighted by molar-refractivity contribution is -0.195. The molecule has 0 saturated carbocycles. The van der Waals surface area contributed by atoms with Crippen LogP contribution in [-0.4, -0.2) is 119 Å². The normalized spacial score (nSPS) is 30.4. The first-order chi connectivity index (χ1) is 34.9. The fourth-order valence-corrected chi connectivity index (χ4v) is 11.0. The van der Waals surface area contributed by atoms with Gasteiger partial charge in [-0.25, -0.2) is 13.9 Å². The summed E-state index contributed by atoms with van der Waals surface area (Å²) >= 11 is 0. The van der Waals surface area contributed by atoms with E-state index in [0.29, 0.717) is 44.9 Å². The van der Waals surface area contributed by atoms with E-state index in [-0.39, 0.29) is 25.1 Å². The fourth-order valence-electron chi connectivity index (χ4n) is 8.85. The van der Waals surface area contributed by atoms with Crippen molar-refractivity contribution in [3.05, 3.63) is 47.1 Å². The molecule has 21 nitrogen and oxygen atoms in total. The number of allylic oxidation sites excluding steroid dienone is 2. The molecular weight excluding hydrogens is 993 g/mol. The summed E-state index contributed by atoms with van der Waals surface area (Å²) in [7, 11) is -11.3. The highest BCUT2D eigenvalue weighted by Gasteiger charge is 2.45. The van der Waals surface area contributed by atoms with Gasteiger partial charge in [0.05, 0.1) is 37.6 Å². The number of nitrogens with zero attached hydrogens (tertiary/aromatic N) is 2. The van der Waals surface area contributed by atoms with Crippen molar-refractivity contribution in [2.45, 2.75) is 223 Å². The zero-order valence-corrected chi connectivity index (χ0v) is 44.8. The summed E-state index contributed by atoms with van der Waals surface area (Å²) in [5.74, 6) is -4.00. The predicted octanol–water partition coefficient (Wildman–Crippen LogP) is 7.38. The third-order valence-corrected chi connectivity index (χ3v) is 15.7. The first-order valence-corrected chi connectivity index (χ1v) is 29.6. The van der Waals surface area contributed by atoms with Gasteiger partial charge < -0.3 is 55.3 Å². The second-order valence-corrected chi connectivity index (χ2v) is 22.4. The molecule has 2 aliphatic rings. The lowest BCUT2D eigenvalue weighted by Gasteiger charge is -2.41. The van der Waals surface area contributed by atoms with E-state index in [1.54, 1.807) is 0 Å². The Morgan fingerprint density at radius 3 is 2.11 bits per heavy atom. The highest BCUT2D eigenvalue weighted by Crippen LogP contribution is 2.60. The Morgan fingerprint density at radius 2 is 1.44 bits per heavy atom. The van der Waals surface area contributed by atoms with Crippen molar-refractivity contribution in [3.63, 3.8) is 0 Å². The maximum Gasteiger partial charge on any atom is 0.481 e. The zero-order valence-electron chi connectivity index (χ0n) is 43.0. The number of phosphoric acid groups is 2. The Morgan fingerprint density at radius 1 is 0.822 bits per heavy atom. The second-order valence-electron chi connectivity index (χ2n) is 19.3. The number of cyclic esters (lactones) is 1. The van der Waals surface area contributed by atoms with Crippen molar-refractivity contribution < 1.29 is 81.6 Å². The van der Waals surface area contributed by atoms with E-state index in [4.69, 9.17) is 29.0 Å². The zero-order chi connectivity index (χ0) is 53.7. The average Bonchev–Trinajstić information content (AvgIpc) is 3.33. The molecule has 0 aromatic carbocycles. The van der Waals surface area contributed by atoms with E-state index in [0.717, 1.165) is 55.9 Å². The number of hydrogen-bond donors (Lipinski definition) is 8. The number of ether oxygens (including phenoxy) is 3. The summed E-state index contributed by atoms with van der Waals surface area (Å²) in [6.45, 7) is 1.53. The van der Waals surface area contributed by atoms with Gasteiger partial charge in [0.2, 0.25) is 0 Å². The topological polar surface area (TPSA) is 326 Å². The van der Waals surface area contributed by atoms with E-state index in [1.807, 2.05) is 6.92 Å². The van der Waals surface area contributed by atoms with E-state index >= 15 is 0 Å². The van der Waals surface area contributed by atoms with Crippen LogP contribution < -0.4 is 11.4 Å². The summed E-state index contributed by atoms with van der Waals surface area (Å²) in [5.41, 5.74) is 4.81. The van der Waals surface area contributed by atoms with Crippen LogP contribution in [0, 0.1) is 11.8 Å². The lowest BCUT2D eigenvalue weighted by Crippen LogP contribution is -2.52. The molecule has 2 bridgehead atoms. The van der Waals surface area contributed by atoms with Crippen LogP contribution in [0.3, 0.4) is 0 Å². The van der Waals surface area contributed by atoms with Crippen molar-refractivity contribution in [2.24, 2.45) is 11.8 Å². The van der Waals surface area contributed by atoms with E-state index in [9.17, 15) is 58.8 Å². The number of aromatic nitrogens is 2. The van der Waals surface area contributed by atoms with Gasteiger partial charge >= 0.3 is 33.3 Å². The largest absolute Gasteiger partial charge is 0.481 e. The highest BCUT2D eigenvalue weighted by molar-refractivity contribution is 7.61. The van der Waals surface area contributed by atoms with Crippen LogP contribution in [0.5, 0.6) is 0 Å². The number of rotatable bonds is 23. The molecule has 2 saturated heterocycles. The molecule has 0 spiro atoms. The third kappa shape index (κ3) is 26.2. The number of fused-ring (bicyclic) bond motifs is 3. The van der Waals surface area contributed by atoms with Crippen LogP contribution in [0.1, 0.15) is 181 Å². The maximum atomic E-state index is 13.4. The Hall–Kier alpha value is -2.88. The summed E-state index contributed by atoms with van der Waals surface area (Å²) in [6.07, 6.45) is 13.2. The molecule has 1 aromatic heterocycles. The molecule has 0 amide bonds. The van der Waals surface area contributed by atoms with Crippen molar-refractivity contribution in [1.82, 2.24) is 9.55 Å². The lowest BCUT2D eigenvalue weighted by atomic mass is 9.82. The molecular formula is C50H87N3O18P2. The monoisotopic (exact) mass is 1080 g/mol. The number of anilines is 1. The summed E-state index contributed by atoms with van der Waals surface area (Å²) in [4.78, 5) is 64.3. The third-order valence-electron chi connectivity index (χ3n) is 13.1. The SMILES string of the molecule is CCCCCCCC/C=C\CCCCCCCC(=O)O[C@@H]1COC(=O)CCCCCC[C@@H]2[C@H](n3ccc(N)nc3=O)O[C@H](COP(=O)(O)OP(=O)(O)OC1)[C@@H](O)[C@@H](O)[C@@H](C=C[C@@H](O)CCCCC)[C@H](O)C[C@@H]2O. The number of unbranched alkanes of at least 4 members (excludes halogenated alkanes) is 13. The second kappa shape index (κ2) is 35.4. The van der Waals surface area contributed by atoms with E-state index in [1.165, 1.54) is 62.9 Å². The predicted molar refractivity (Wildman–Crippen MR) is 272 cm³/mol. The van der Waals surface area contributed by atoms with Crippen LogP contribution in [0.2, 0.25) is 0 Å². The molecule has 73 heavy (non-hydrogen) atoms. The van der Waals surface area contributed by atoms with Crippen LogP contribution in [0.25, 0.3) is 0 Å². The molecule has 23 heteroatoms. The van der Waals surface area contributed by atoms with Gasteiger partial charge in [-0.05, 0) is 57.4 Å². The molecule has 3 rings (SSSR count). The molecule has 0 radical (unpaired) electrons. The smallest absolute Gasteiger partial charge is 0.462 e. The minimum absolute atomic E-state index is 0.00142. The van der Waals surface area contributed by atoms with Crippen LogP contribution in [0.15, 0.2) is 41.4 Å². The number of aliphatic hydroxyl groups excluding tert-OH is 5. The van der Waals surface area contributed by atoms with Crippen molar-refractivity contribution in [1.29, 1.82) is 0 Å². The van der Waals surface area contributed by atoms with Crippen molar-refractivity contribution >= 4 is 33.4 Å². The highest BCUT2D eigenvalue weighted by atomic mass is 31.3. The van der Waals surface area contributed by atoms with Crippen LogP contribution >= 0.6 is 15.6 Å². The quantitative estimate of drug-likeness (QED) is 0.0229. The molecule has 1 aromatic rings. The van der Waals surface area contributed by atoms with Crippen LogP contribution in [0.4, 0.5) is 5.82 Å². The van der Waals surface area contributed by atoms with E-state index in [2.05, 4.69) is 28.4 Å².